The van der Waals surface area contributed by atoms with E-state index in [2.05, 4.69) is 19.6 Å². The van der Waals surface area contributed by atoms with Gasteiger partial charge in [0, 0.05) is 0 Å². The predicted octanol–water partition coefficient (Wildman–Crippen LogP) is 0.774. The van der Waals surface area contributed by atoms with Crippen LogP contribution >= 0.6 is 11.5 Å². The van der Waals surface area contributed by atoms with Crippen LogP contribution in [-0.2, 0) is 9.53 Å². The van der Waals surface area contributed by atoms with E-state index in [1.165, 1.54) is 7.11 Å². The van der Waals surface area contributed by atoms with Crippen LogP contribution in [0.5, 0.6) is 0 Å². The summed E-state index contributed by atoms with van der Waals surface area (Å²) in [6.07, 6.45) is 0. The van der Waals surface area contributed by atoms with E-state index in [1.807, 2.05) is 13.8 Å². The third-order valence-corrected chi connectivity index (χ3v) is 3.09. The van der Waals surface area contributed by atoms with Crippen LogP contribution in [0.1, 0.15) is 29.2 Å². The first-order valence-corrected chi connectivity index (χ1v) is 5.92. The van der Waals surface area contributed by atoms with Crippen molar-refractivity contribution < 1.29 is 14.3 Å². The Labute approximate surface area is 104 Å². The van der Waals surface area contributed by atoms with Crippen LogP contribution < -0.4 is 5.32 Å². The van der Waals surface area contributed by atoms with Gasteiger partial charge >= 0.3 is 5.97 Å². The summed E-state index contributed by atoms with van der Waals surface area (Å²) in [4.78, 5) is 23.8. The molecule has 0 radical (unpaired) electrons. The monoisotopic (exact) mass is 257 g/mol. The molecule has 0 bridgehead atoms. The Morgan fingerprint density at radius 1 is 1.41 bits per heavy atom. The topological polar surface area (TPSA) is 81.2 Å². The SMILES string of the molecule is COC(=O)C(NC(=O)c1snnc1C)C(C)C. The van der Waals surface area contributed by atoms with Gasteiger partial charge in [-0.2, -0.15) is 0 Å². The smallest absolute Gasteiger partial charge is 0.328 e. The summed E-state index contributed by atoms with van der Waals surface area (Å²) in [5.41, 5.74) is 0.555. The van der Waals surface area contributed by atoms with Gasteiger partial charge in [-0.3, -0.25) is 4.79 Å². The van der Waals surface area contributed by atoms with Gasteiger partial charge in [-0.25, -0.2) is 4.79 Å². The van der Waals surface area contributed by atoms with E-state index in [4.69, 9.17) is 0 Å². The van der Waals surface area contributed by atoms with Crippen molar-refractivity contribution in [3.63, 3.8) is 0 Å². The summed E-state index contributed by atoms with van der Waals surface area (Å²) >= 11 is 1.01. The minimum atomic E-state index is -0.658. The van der Waals surface area contributed by atoms with Gasteiger partial charge in [0.15, 0.2) is 0 Å². The number of carbonyl (C=O) groups excluding carboxylic acids is 2. The zero-order valence-electron chi connectivity index (χ0n) is 10.2. The fraction of sp³-hybridized carbons (Fsp3) is 0.600. The van der Waals surface area contributed by atoms with Gasteiger partial charge in [-0.1, -0.05) is 18.3 Å². The van der Waals surface area contributed by atoms with Crippen LogP contribution in [0, 0.1) is 12.8 Å². The van der Waals surface area contributed by atoms with E-state index in [1.54, 1.807) is 6.92 Å². The van der Waals surface area contributed by atoms with Crippen molar-refractivity contribution in [1.29, 1.82) is 0 Å². The van der Waals surface area contributed by atoms with E-state index in [0.717, 1.165) is 11.5 Å². The molecule has 1 amide bonds. The van der Waals surface area contributed by atoms with Gasteiger partial charge in [0.05, 0.1) is 12.8 Å². The molecule has 7 heteroatoms. The molecule has 94 valence electrons. The Morgan fingerprint density at radius 3 is 2.47 bits per heavy atom. The lowest BCUT2D eigenvalue weighted by Crippen LogP contribution is -2.44. The second-order valence-corrected chi connectivity index (χ2v) is 4.66. The molecule has 17 heavy (non-hydrogen) atoms. The molecule has 1 atom stereocenters. The zero-order valence-corrected chi connectivity index (χ0v) is 11.0. The van der Waals surface area contributed by atoms with Gasteiger partial charge in [-0.15, -0.1) is 5.10 Å². The van der Waals surface area contributed by atoms with Crippen molar-refractivity contribution in [2.45, 2.75) is 26.8 Å². The molecule has 0 spiro atoms. The molecule has 0 saturated carbocycles. The number of aromatic nitrogens is 2. The van der Waals surface area contributed by atoms with Gasteiger partial charge in [0.1, 0.15) is 10.9 Å². The molecular formula is C10H15N3O3S. The summed E-state index contributed by atoms with van der Waals surface area (Å²) in [5.74, 6) is -0.849. The van der Waals surface area contributed by atoms with Crippen molar-refractivity contribution in [1.82, 2.24) is 14.9 Å². The molecule has 0 aliphatic rings. The van der Waals surface area contributed by atoms with Gasteiger partial charge < -0.3 is 10.1 Å². The molecule has 0 aliphatic carbocycles. The maximum Gasteiger partial charge on any atom is 0.328 e. The minimum Gasteiger partial charge on any atom is -0.467 e. The number of aryl methyl sites for hydroxylation is 1. The highest BCUT2D eigenvalue weighted by Gasteiger charge is 2.26. The van der Waals surface area contributed by atoms with Crippen molar-refractivity contribution >= 4 is 23.4 Å². The molecule has 1 heterocycles. The number of carbonyl (C=O) groups is 2. The number of nitrogens with one attached hydrogen (secondary N) is 1. The number of nitrogens with zero attached hydrogens (tertiary/aromatic N) is 2. The lowest BCUT2D eigenvalue weighted by atomic mass is 10.0. The summed E-state index contributed by atoms with van der Waals surface area (Å²) in [6, 6.07) is -0.658. The quantitative estimate of drug-likeness (QED) is 0.806. The average Bonchev–Trinajstić information content (AvgIpc) is 2.70. The molecule has 0 aliphatic heterocycles. The largest absolute Gasteiger partial charge is 0.467 e. The second-order valence-electron chi connectivity index (χ2n) is 3.91. The summed E-state index contributed by atoms with van der Waals surface area (Å²) in [7, 11) is 1.30. The maximum absolute atomic E-state index is 11.9. The third-order valence-electron chi connectivity index (χ3n) is 2.27. The fourth-order valence-electron chi connectivity index (χ4n) is 1.27. The van der Waals surface area contributed by atoms with Crippen LogP contribution in [0.25, 0.3) is 0 Å². The molecule has 6 nitrogen and oxygen atoms in total. The third kappa shape index (κ3) is 3.23. The van der Waals surface area contributed by atoms with Gasteiger partial charge in [-0.05, 0) is 24.4 Å². The highest BCUT2D eigenvalue weighted by molar-refractivity contribution is 7.08. The molecule has 1 aromatic rings. The van der Waals surface area contributed by atoms with E-state index >= 15 is 0 Å². The Morgan fingerprint density at radius 2 is 2.06 bits per heavy atom. The number of ether oxygens (including phenoxy) is 1. The predicted molar refractivity (Wildman–Crippen MR) is 62.8 cm³/mol. The number of esters is 1. The van der Waals surface area contributed by atoms with Crippen LogP contribution in [0.3, 0.4) is 0 Å². The Bertz CT molecular complexity index is 417. The standard InChI is InChI=1S/C10H15N3O3S/c1-5(2)7(10(15)16-4)11-9(14)8-6(3)12-13-17-8/h5,7H,1-4H3,(H,11,14). The number of rotatable bonds is 4. The Hall–Kier alpha value is -1.50. The Kier molecular flexibility index (Phi) is 4.56. The number of hydrogen-bond acceptors (Lipinski definition) is 6. The van der Waals surface area contributed by atoms with E-state index in [9.17, 15) is 9.59 Å². The van der Waals surface area contributed by atoms with Crippen molar-refractivity contribution in [2.24, 2.45) is 5.92 Å². The summed E-state index contributed by atoms with van der Waals surface area (Å²) in [6.45, 7) is 5.36. The highest BCUT2D eigenvalue weighted by atomic mass is 32.1. The molecule has 0 fully saturated rings. The first-order chi connectivity index (χ1) is 7.97. The van der Waals surface area contributed by atoms with Crippen molar-refractivity contribution in [3.8, 4) is 0 Å². The Balaban J connectivity index is 2.78. The lowest BCUT2D eigenvalue weighted by Gasteiger charge is -2.19. The summed E-state index contributed by atoms with van der Waals surface area (Å²) in [5, 5.41) is 6.37. The zero-order chi connectivity index (χ0) is 13.0. The molecule has 0 aromatic carbocycles. The highest BCUT2D eigenvalue weighted by Crippen LogP contribution is 2.11. The number of hydrogen-bond donors (Lipinski definition) is 1. The van der Waals surface area contributed by atoms with Crippen LogP contribution in [0.15, 0.2) is 0 Å². The number of amides is 1. The second kappa shape index (κ2) is 5.72. The van der Waals surface area contributed by atoms with Gasteiger partial charge in [0.25, 0.3) is 5.91 Å². The molecule has 1 rings (SSSR count). The van der Waals surface area contributed by atoms with Crippen LogP contribution in [0.2, 0.25) is 0 Å². The van der Waals surface area contributed by atoms with E-state index < -0.39 is 12.0 Å². The minimum absolute atomic E-state index is 0.0485. The molecule has 1 unspecified atom stereocenters. The number of methoxy groups -OCH3 is 1. The van der Waals surface area contributed by atoms with Gasteiger partial charge in [0.2, 0.25) is 0 Å². The first-order valence-electron chi connectivity index (χ1n) is 5.15. The van der Waals surface area contributed by atoms with Crippen LogP contribution in [0.4, 0.5) is 0 Å². The molecule has 1 aromatic heterocycles. The fourth-order valence-corrected chi connectivity index (χ4v) is 1.83. The summed E-state index contributed by atoms with van der Waals surface area (Å²) < 4.78 is 8.32. The average molecular weight is 257 g/mol. The first kappa shape index (κ1) is 13.6. The molecular weight excluding hydrogens is 242 g/mol. The molecule has 1 N–H and O–H groups in total. The molecule has 0 saturated heterocycles. The van der Waals surface area contributed by atoms with Crippen molar-refractivity contribution in [3.05, 3.63) is 10.6 Å². The maximum atomic E-state index is 11.9. The van der Waals surface area contributed by atoms with Crippen molar-refractivity contribution in [2.75, 3.05) is 7.11 Å². The van der Waals surface area contributed by atoms with E-state index in [-0.39, 0.29) is 11.8 Å². The lowest BCUT2D eigenvalue weighted by molar-refractivity contribution is -0.144. The normalized spacial score (nSPS) is 12.3. The van der Waals surface area contributed by atoms with Crippen LogP contribution in [-0.4, -0.2) is 34.6 Å². The van der Waals surface area contributed by atoms with E-state index in [0.29, 0.717) is 10.6 Å².